The van der Waals surface area contributed by atoms with Gasteiger partial charge in [-0.2, -0.15) is 0 Å². The highest BCUT2D eigenvalue weighted by Gasteiger charge is 2.16. The Hall–Kier alpha value is -3.26. The number of carbonyl (C=O) groups excluding carboxylic acids is 1. The largest absolute Gasteiger partial charge is 0.324 e. The molecule has 4 aromatic rings. The van der Waals surface area contributed by atoms with Gasteiger partial charge in [0, 0.05) is 45.0 Å². The van der Waals surface area contributed by atoms with E-state index in [0.717, 1.165) is 28.2 Å². The third kappa shape index (κ3) is 3.34. The van der Waals surface area contributed by atoms with Crippen molar-refractivity contribution in [1.82, 2.24) is 19.6 Å². The van der Waals surface area contributed by atoms with Gasteiger partial charge < -0.3 is 5.32 Å². The maximum Gasteiger partial charge on any atom is 0.266 e. The van der Waals surface area contributed by atoms with Gasteiger partial charge in [-0.15, -0.1) is 11.3 Å². The lowest BCUT2D eigenvalue weighted by Crippen LogP contribution is -2.18. The van der Waals surface area contributed by atoms with Crippen molar-refractivity contribution in [1.29, 1.82) is 0 Å². The molecule has 2 N–H and O–H groups in total. The second kappa shape index (κ2) is 7.05. The molecule has 0 atom stereocenters. The van der Waals surface area contributed by atoms with Gasteiger partial charge in [0.2, 0.25) is 5.91 Å². The van der Waals surface area contributed by atoms with Crippen molar-refractivity contribution >= 4 is 28.6 Å². The zero-order valence-corrected chi connectivity index (χ0v) is 16.6. The highest BCUT2D eigenvalue weighted by molar-refractivity contribution is 7.10. The molecule has 0 saturated carbocycles. The molecule has 0 bridgehead atoms. The van der Waals surface area contributed by atoms with Crippen molar-refractivity contribution in [2.45, 2.75) is 27.2 Å². The number of thiophene rings is 1. The lowest BCUT2D eigenvalue weighted by atomic mass is 10.1. The van der Waals surface area contributed by atoms with Crippen LogP contribution in [-0.2, 0) is 11.2 Å². The molecule has 1 amide bonds. The van der Waals surface area contributed by atoms with Crippen LogP contribution < -0.4 is 10.9 Å². The van der Waals surface area contributed by atoms with E-state index in [1.807, 2.05) is 32.2 Å². The number of H-pyrrole nitrogens is 1. The molecule has 4 heterocycles. The number of aromatic nitrogens is 4. The van der Waals surface area contributed by atoms with Gasteiger partial charge in [-0.1, -0.05) is 0 Å². The Morgan fingerprint density at radius 1 is 1.29 bits per heavy atom. The van der Waals surface area contributed by atoms with Crippen LogP contribution in [0.5, 0.6) is 0 Å². The summed E-state index contributed by atoms with van der Waals surface area (Å²) in [6, 6.07) is 7.14. The van der Waals surface area contributed by atoms with E-state index in [-0.39, 0.29) is 17.9 Å². The van der Waals surface area contributed by atoms with E-state index in [2.05, 4.69) is 26.4 Å². The van der Waals surface area contributed by atoms with Crippen LogP contribution >= 0.6 is 11.3 Å². The van der Waals surface area contributed by atoms with Gasteiger partial charge in [0.1, 0.15) is 0 Å². The summed E-state index contributed by atoms with van der Waals surface area (Å²) in [5.74, 6) is -0.164. The number of anilines is 1. The number of amides is 1. The fraction of sp³-hybridized carbons (Fsp3) is 0.200. The minimum atomic E-state index is -0.220. The molecule has 4 aromatic heterocycles. The predicted octanol–water partition coefficient (Wildman–Crippen LogP) is 3.25. The average molecular weight is 393 g/mol. The Bertz CT molecular complexity index is 1250. The molecule has 8 heteroatoms. The molecule has 0 aromatic carbocycles. The van der Waals surface area contributed by atoms with Crippen molar-refractivity contribution in [2.75, 3.05) is 5.32 Å². The number of hydrogen-bond acceptors (Lipinski definition) is 5. The first-order chi connectivity index (χ1) is 13.4. The van der Waals surface area contributed by atoms with Crippen LogP contribution in [-0.4, -0.2) is 25.5 Å². The highest BCUT2D eigenvalue weighted by Crippen LogP contribution is 2.29. The minimum Gasteiger partial charge on any atom is -0.324 e. The molecular formula is C20H19N5O2S. The molecule has 0 aliphatic rings. The van der Waals surface area contributed by atoms with Crippen molar-refractivity contribution in [3.05, 3.63) is 68.0 Å². The molecule has 0 aliphatic heterocycles. The Kier molecular flexibility index (Phi) is 4.56. The fourth-order valence-corrected chi connectivity index (χ4v) is 3.96. The second-order valence-corrected chi connectivity index (χ2v) is 7.76. The lowest BCUT2D eigenvalue weighted by Gasteiger charge is -2.13. The third-order valence-electron chi connectivity index (χ3n) is 4.63. The summed E-state index contributed by atoms with van der Waals surface area (Å²) in [6.07, 6.45) is 1.87. The van der Waals surface area contributed by atoms with Gasteiger partial charge in [0.25, 0.3) is 5.56 Å². The van der Waals surface area contributed by atoms with Crippen LogP contribution in [0.2, 0.25) is 0 Å². The summed E-state index contributed by atoms with van der Waals surface area (Å²) < 4.78 is 1.61. The SMILES string of the molecule is Cc1cc(-c2ncccc2NC(=O)Cc2c(C)nc3cc(=O)[nH]n3c2C)cs1. The van der Waals surface area contributed by atoms with Gasteiger partial charge in [-0.3, -0.25) is 19.7 Å². The zero-order valence-electron chi connectivity index (χ0n) is 15.7. The molecule has 4 rings (SSSR count). The van der Waals surface area contributed by atoms with Crippen molar-refractivity contribution < 1.29 is 4.79 Å². The molecule has 0 radical (unpaired) electrons. The molecule has 0 spiro atoms. The third-order valence-corrected chi connectivity index (χ3v) is 5.49. The van der Waals surface area contributed by atoms with Crippen molar-refractivity contribution in [3.63, 3.8) is 0 Å². The monoisotopic (exact) mass is 393 g/mol. The standard InChI is InChI=1S/C20H19N5O2S/c1-11-7-14(10-28-11)20-16(5-4-6-21-20)23-18(26)8-15-12(2)22-17-9-19(27)24-25(17)13(15)3/h4-7,9-10H,8H2,1-3H3,(H,23,26)(H,24,27). The van der Waals surface area contributed by atoms with Crippen LogP contribution in [0.15, 0.2) is 40.6 Å². The summed E-state index contributed by atoms with van der Waals surface area (Å²) in [7, 11) is 0. The Labute approximate surface area is 165 Å². The van der Waals surface area contributed by atoms with E-state index in [9.17, 15) is 9.59 Å². The maximum absolute atomic E-state index is 12.8. The van der Waals surface area contributed by atoms with Crippen LogP contribution in [0.3, 0.4) is 0 Å². The summed E-state index contributed by atoms with van der Waals surface area (Å²) in [6.45, 7) is 5.75. The van der Waals surface area contributed by atoms with E-state index in [4.69, 9.17) is 0 Å². The molecule has 0 unspecified atom stereocenters. The normalized spacial score (nSPS) is 11.1. The van der Waals surface area contributed by atoms with Crippen LogP contribution in [0, 0.1) is 20.8 Å². The summed E-state index contributed by atoms with van der Waals surface area (Å²) >= 11 is 1.64. The highest BCUT2D eigenvalue weighted by atomic mass is 32.1. The quantitative estimate of drug-likeness (QED) is 0.557. The first-order valence-corrected chi connectivity index (χ1v) is 9.68. The summed E-state index contributed by atoms with van der Waals surface area (Å²) in [5, 5.41) is 7.71. The van der Waals surface area contributed by atoms with Crippen LogP contribution in [0.1, 0.15) is 21.8 Å². The van der Waals surface area contributed by atoms with E-state index in [0.29, 0.717) is 11.3 Å². The number of pyridine rings is 1. The van der Waals surface area contributed by atoms with Crippen molar-refractivity contribution in [2.24, 2.45) is 0 Å². The second-order valence-electron chi connectivity index (χ2n) is 6.65. The van der Waals surface area contributed by atoms with Gasteiger partial charge >= 0.3 is 0 Å². The van der Waals surface area contributed by atoms with E-state index < -0.39 is 0 Å². The van der Waals surface area contributed by atoms with Gasteiger partial charge in [0.05, 0.1) is 17.8 Å². The van der Waals surface area contributed by atoms with E-state index in [1.165, 1.54) is 10.9 Å². The fourth-order valence-electron chi connectivity index (χ4n) is 3.27. The Balaban J connectivity index is 1.63. The number of aromatic amines is 1. The molecular weight excluding hydrogens is 374 g/mol. The van der Waals surface area contributed by atoms with Gasteiger partial charge in [0.15, 0.2) is 5.65 Å². The predicted molar refractivity (Wildman–Crippen MR) is 110 cm³/mol. The topological polar surface area (TPSA) is 92.2 Å². The van der Waals surface area contributed by atoms with Crippen LogP contribution in [0.4, 0.5) is 5.69 Å². The number of rotatable bonds is 4. The molecule has 0 aliphatic carbocycles. The number of hydrogen-bond donors (Lipinski definition) is 2. The first kappa shape index (κ1) is 18.1. The summed E-state index contributed by atoms with van der Waals surface area (Å²) in [4.78, 5) is 34.4. The number of aryl methyl sites for hydroxylation is 3. The zero-order chi connectivity index (χ0) is 19.8. The molecule has 0 saturated heterocycles. The smallest absolute Gasteiger partial charge is 0.266 e. The number of nitrogens with one attached hydrogen (secondary N) is 2. The van der Waals surface area contributed by atoms with E-state index in [1.54, 1.807) is 28.1 Å². The summed E-state index contributed by atoms with van der Waals surface area (Å²) in [5.41, 5.74) is 5.04. The lowest BCUT2D eigenvalue weighted by molar-refractivity contribution is -0.115. The average Bonchev–Trinajstić information content (AvgIpc) is 3.24. The van der Waals surface area contributed by atoms with Gasteiger partial charge in [-0.05, 0) is 39.0 Å². The van der Waals surface area contributed by atoms with E-state index >= 15 is 0 Å². The molecule has 28 heavy (non-hydrogen) atoms. The Morgan fingerprint density at radius 3 is 2.86 bits per heavy atom. The first-order valence-electron chi connectivity index (χ1n) is 8.80. The van der Waals surface area contributed by atoms with Gasteiger partial charge in [-0.25, -0.2) is 9.50 Å². The molecule has 142 valence electrons. The molecule has 7 nitrogen and oxygen atoms in total. The number of fused-ring (bicyclic) bond motifs is 1. The number of carbonyl (C=O) groups is 1. The van der Waals surface area contributed by atoms with Crippen LogP contribution in [0.25, 0.3) is 16.9 Å². The molecule has 0 fully saturated rings. The number of nitrogens with zero attached hydrogens (tertiary/aromatic N) is 3. The maximum atomic E-state index is 12.8. The minimum absolute atomic E-state index is 0.151. The van der Waals surface area contributed by atoms with Crippen molar-refractivity contribution in [3.8, 4) is 11.3 Å². The Morgan fingerprint density at radius 2 is 2.11 bits per heavy atom.